The summed E-state index contributed by atoms with van der Waals surface area (Å²) in [7, 11) is 0. The van der Waals surface area contributed by atoms with Crippen LogP contribution in [0.3, 0.4) is 0 Å². The number of nitrogen functional groups attached to an aromatic ring is 1. The smallest absolute Gasteiger partial charge is 0.226 e. The van der Waals surface area contributed by atoms with Crippen LogP contribution in [0.2, 0.25) is 0 Å². The lowest BCUT2D eigenvalue weighted by atomic mass is 10.2. The molecule has 14 heavy (non-hydrogen) atoms. The number of rotatable bonds is 1. The maximum Gasteiger partial charge on any atom is 0.226 e. The van der Waals surface area contributed by atoms with Crippen LogP contribution in [0.15, 0.2) is 30.6 Å². The lowest BCUT2D eigenvalue weighted by Gasteiger charge is -2.04. The molecule has 5 heteroatoms. The fourth-order valence-corrected chi connectivity index (χ4v) is 1.21. The van der Waals surface area contributed by atoms with Crippen LogP contribution in [0, 0.1) is 11.3 Å². The van der Waals surface area contributed by atoms with Gasteiger partial charge in [0.15, 0.2) is 0 Å². The number of hydrogen-bond acceptors (Lipinski definition) is 4. The molecule has 0 fully saturated rings. The number of aromatic nitrogens is 3. The Kier molecular flexibility index (Phi) is 1.88. The monoisotopic (exact) mass is 185 g/mol. The molecule has 0 bridgehead atoms. The van der Waals surface area contributed by atoms with Gasteiger partial charge in [0.2, 0.25) is 5.95 Å². The molecule has 0 saturated carbocycles. The van der Waals surface area contributed by atoms with E-state index in [1.807, 2.05) is 6.07 Å². The third-order valence-corrected chi connectivity index (χ3v) is 1.86. The van der Waals surface area contributed by atoms with Crippen LogP contribution in [0.25, 0.3) is 5.69 Å². The van der Waals surface area contributed by atoms with Gasteiger partial charge in [-0.2, -0.15) is 5.26 Å². The predicted molar refractivity (Wildman–Crippen MR) is 50.5 cm³/mol. The summed E-state index contributed by atoms with van der Waals surface area (Å²) in [6, 6.07) is 9.21. The fourth-order valence-electron chi connectivity index (χ4n) is 1.21. The molecule has 5 nitrogen and oxygen atoms in total. The van der Waals surface area contributed by atoms with Crippen LogP contribution in [0.4, 0.5) is 5.95 Å². The Bertz CT molecular complexity index is 494. The lowest BCUT2D eigenvalue weighted by molar-refractivity contribution is 1.06. The van der Waals surface area contributed by atoms with Gasteiger partial charge in [0, 0.05) is 0 Å². The molecule has 0 unspecified atom stereocenters. The van der Waals surface area contributed by atoms with Crippen molar-refractivity contribution in [3.05, 3.63) is 36.2 Å². The zero-order chi connectivity index (χ0) is 9.97. The highest BCUT2D eigenvalue weighted by Gasteiger charge is 2.06. The molecule has 0 spiro atoms. The van der Waals surface area contributed by atoms with Crippen molar-refractivity contribution in [3.63, 3.8) is 0 Å². The average molecular weight is 185 g/mol. The molecule has 0 aliphatic heterocycles. The number of nitrogens with two attached hydrogens (primary N) is 1. The lowest BCUT2D eigenvalue weighted by Crippen LogP contribution is -2.01. The first-order valence-electron chi connectivity index (χ1n) is 3.98. The van der Waals surface area contributed by atoms with Crippen LogP contribution in [-0.2, 0) is 0 Å². The Hall–Kier alpha value is -2.35. The predicted octanol–water partition coefficient (Wildman–Crippen LogP) is 0.721. The first-order valence-corrected chi connectivity index (χ1v) is 3.98. The Morgan fingerprint density at radius 1 is 1.36 bits per heavy atom. The molecule has 1 heterocycles. The average Bonchev–Trinajstić information content (AvgIpc) is 2.64. The van der Waals surface area contributed by atoms with Gasteiger partial charge in [0.05, 0.1) is 11.3 Å². The number of anilines is 1. The molecule has 0 aliphatic carbocycles. The van der Waals surface area contributed by atoms with Crippen molar-refractivity contribution < 1.29 is 0 Å². The number of hydrogen-bond donors (Lipinski definition) is 1. The Balaban J connectivity index is 2.64. The molecule has 2 aromatic rings. The minimum absolute atomic E-state index is 0.271. The van der Waals surface area contributed by atoms with Crippen molar-refractivity contribution in [1.29, 1.82) is 5.26 Å². The summed E-state index contributed by atoms with van der Waals surface area (Å²) >= 11 is 0. The number of nitriles is 1. The largest absolute Gasteiger partial charge is 0.368 e. The topological polar surface area (TPSA) is 80.5 Å². The van der Waals surface area contributed by atoms with E-state index in [-0.39, 0.29) is 5.95 Å². The first-order chi connectivity index (χ1) is 6.83. The molecule has 1 aromatic carbocycles. The van der Waals surface area contributed by atoms with Gasteiger partial charge in [-0.1, -0.05) is 12.1 Å². The summed E-state index contributed by atoms with van der Waals surface area (Å²) in [6.45, 7) is 0. The molecule has 1 aromatic heterocycles. The van der Waals surface area contributed by atoms with Crippen molar-refractivity contribution in [2.75, 3.05) is 5.73 Å². The summed E-state index contributed by atoms with van der Waals surface area (Å²) < 4.78 is 1.57. The van der Waals surface area contributed by atoms with Crippen LogP contribution in [0.1, 0.15) is 5.56 Å². The van der Waals surface area contributed by atoms with Crippen molar-refractivity contribution in [2.45, 2.75) is 0 Å². The molecular formula is C9H7N5. The first kappa shape index (κ1) is 8.26. The van der Waals surface area contributed by atoms with Crippen molar-refractivity contribution >= 4 is 5.95 Å². The molecule has 2 rings (SSSR count). The highest BCUT2D eigenvalue weighted by molar-refractivity contribution is 5.51. The number of para-hydroxylation sites is 1. The number of nitrogens with zero attached hydrogens (tertiary/aromatic N) is 4. The third-order valence-electron chi connectivity index (χ3n) is 1.86. The minimum Gasteiger partial charge on any atom is -0.368 e. The highest BCUT2D eigenvalue weighted by atomic mass is 15.3. The van der Waals surface area contributed by atoms with Gasteiger partial charge in [-0.3, -0.25) is 4.57 Å². The van der Waals surface area contributed by atoms with Crippen LogP contribution < -0.4 is 5.73 Å². The van der Waals surface area contributed by atoms with Crippen molar-refractivity contribution in [1.82, 2.24) is 14.8 Å². The maximum absolute atomic E-state index is 8.86. The molecule has 0 atom stereocenters. The summed E-state index contributed by atoms with van der Waals surface area (Å²) in [4.78, 5) is 0. The summed E-state index contributed by atoms with van der Waals surface area (Å²) in [6.07, 6.45) is 1.48. The summed E-state index contributed by atoms with van der Waals surface area (Å²) in [5.74, 6) is 0.271. The van der Waals surface area contributed by atoms with Crippen molar-refractivity contribution in [2.24, 2.45) is 0 Å². The normalized spacial score (nSPS) is 9.64. The van der Waals surface area contributed by atoms with E-state index in [2.05, 4.69) is 16.3 Å². The second-order valence-corrected chi connectivity index (χ2v) is 2.69. The zero-order valence-electron chi connectivity index (χ0n) is 7.25. The Labute approximate surface area is 80.4 Å². The van der Waals surface area contributed by atoms with E-state index < -0.39 is 0 Å². The van der Waals surface area contributed by atoms with Gasteiger partial charge in [0.1, 0.15) is 12.4 Å². The third kappa shape index (κ3) is 1.19. The van der Waals surface area contributed by atoms with E-state index >= 15 is 0 Å². The van der Waals surface area contributed by atoms with E-state index in [9.17, 15) is 0 Å². The van der Waals surface area contributed by atoms with E-state index in [4.69, 9.17) is 11.0 Å². The quantitative estimate of drug-likeness (QED) is 0.709. The van der Waals surface area contributed by atoms with Gasteiger partial charge in [-0.25, -0.2) is 0 Å². The van der Waals surface area contributed by atoms with Gasteiger partial charge in [-0.15, -0.1) is 10.2 Å². The van der Waals surface area contributed by atoms with E-state index in [0.717, 1.165) is 0 Å². The number of benzene rings is 1. The Morgan fingerprint density at radius 2 is 2.14 bits per heavy atom. The van der Waals surface area contributed by atoms with E-state index in [1.54, 1.807) is 22.8 Å². The van der Waals surface area contributed by atoms with Gasteiger partial charge in [-0.05, 0) is 12.1 Å². The standard InChI is InChI=1S/C9H7N5/c10-5-7-3-1-2-4-8(7)14-6-12-13-9(14)11/h1-4,6H,(H2,11,13). The van der Waals surface area contributed by atoms with Gasteiger partial charge < -0.3 is 5.73 Å². The molecule has 2 N–H and O–H groups in total. The minimum atomic E-state index is 0.271. The highest BCUT2D eigenvalue weighted by Crippen LogP contribution is 2.15. The molecular weight excluding hydrogens is 178 g/mol. The molecule has 0 amide bonds. The van der Waals surface area contributed by atoms with E-state index in [1.165, 1.54) is 6.33 Å². The molecule has 0 saturated heterocycles. The Morgan fingerprint density at radius 3 is 2.79 bits per heavy atom. The van der Waals surface area contributed by atoms with E-state index in [0.29, 0.717) is 11.3 Å². The summed E-state index contributed by atoms with van der Waals surface area (Å²) in [5, 5.41) is 16.2. The van der Waals surface area contributed by atoms with Crippen LogP contribution >= 0.6 is 0 Å². The van der Waals surface area contributed by atoms with Gasteiger partial charge >= 0.3 is 0 Å². The summed E-state index contributed by atoms with van der Waals surface area (Å²) in [5.41, 5.74) is 6.81. The van der Waals surface area contributed by atoms with Crippen LogP contribution in [0.5, 0.6) is 0 Å². The fraction of sp³-hybridized carbons (Fsp3) is 0. The van der Waals surface area contributed by atoms with Gasteiger partial charge in [0.25, 0.3) is 0 Å². The SMILES string of the molecule is N#Cc1ccccc1-n1cnnc1N. The zero-order valence-corrected chi connectivity index (χ0v) is 7.25. The molecule has 0 radical (unpaired) electrons. The van der Waals surface area contributed by atoms with Crippen LogP contribution in [-0.4, -0.2) is 14.8 Å². The molecule has 0 aliphatic rings. The second kappa shape index (κ2) is 3.18. The maximum atomic E-state index is 8.86. The molecule has 68 valence electrons. The van der Waals surface area contributed by atoms with Crippen molar-refractivity contribution in [3.8, 4) is 11.8 Å². The second-order valence-electron chi connectivity index (χ2n) is 2.69.